The van der Waals surface area contributed by atoms with Crippen molar-refractivity contribution in [3.8, 4) is 11.8 Å². The Bertz CT molecular complexity index is 648. The predicted molar refractivity (Wildman–Crippen MR) is 62.9 cm³/mol. The molecule has 0 atom stereocenters. The van der Waals surface area contributed by atoms with Gasteiger partial charge in [0.15, 0.2) is 5.65 Å². The van der Waals surface area contributed by atoms with Crippen LogP contribution < -0.4 is 4.74 Å². The van der Waals surface area contributed by atoms with E-state index in [2.05, 4.69) is 19.9 Å². The van der Waals surface area contributed by atoms with E-state index in [1.807, 2.05) is 37.3 Å². The lowest BCUT2D eigenvalue weighted by Gasteiger charge is -2.01. The number of aromatic nitrogens is 4. The first-order valence-electron chi connectivity index (χ1n) is 5.23. The smallest absolute Gasteiger partial charge is 0.324 e. The molecule has 0 fully saturated rings. The first kappa shape index (κ1) is 9.77. The van der Waals surface area contributed by atoms with Gasteiger partial charge >= 0.3 is 6.01 Å². The highest BCUT2D eigenvalue weighted by molar-refractivity contribution is 5.69. The molecule has 0 spiro atoms. The Morgan fingerprint density at radius 1 is 1.12 bits per heavy atom. The zero-order valence-electron chi connectivity index (χ0n) is 9.21. The Hall–Kier alpha value is -2.43. The fraction of sp³-hybridized carbons (Fsp3) is 0.0833. The molecular weight excluding hydrogens is 216 g/mol. The number of benzene rings is 1. The van der Waals surface area contributed by atoms with Crippen molar-refractivity contribution in [2.45, 2.75) is 6.92 Å². The van der Waals surface area contributed by atoms with Gasteiger partial charge in [-0.1, -0.05) is 18.2 Å². The second kappa shape index (κ2) is 3.86. The minimum atomic E-state index is 0.301. The molecule has 0 radical (unpaired) electrons. The summed E-state index contributed by atoms with van der Waals surface area (Å²) < 4.78 is 5.52. The summed E-state index contributed by atoms with van der Waals surface area (Å²) >= 11 is 0. The van der Waals surface area contributed by atoms with Crippen LogP contribution >= 0.6 is 0 Å². The number of ether oxygens (including phenoxy) is 1. The lowest BCUT2D eigenvalue weighted by atomic mass is 10.3. The Balaban J connectivity index is 1.95. The number of nitrogens with zero attached hydrogens (tertiary/aromatic N) is 3. The first-order chi connectivity index (χ1) is 8.31. The van der Waals surface area contributed by atoms with Crippen LogP contribution in [0.3, 0.4) is 0 Å². The lowest BCUT2D eigenvalue weighted by molar-refractivity contribution is 0.444. The number of H-pyrrole nitrogens is 1. The normalized spacial score (nSPS) is 10.6. The van der Waals surface area contributed by atoms with Gasteiger partial charge in [0, 0.05) is 0 Å². The second-order valence-corrected chi connectivity index (χ2v) is 3.63. The maximum atomic E-state index is 5.52. The van der Waals surface area contributed by atoms with Crippen molar-refractivity contribution < 1.29 is 4.74 Å². The highest BCUT2D eigenvalue weighted by Crippen LogP contribution is 2.18. The van der Waals surface area contributed by atoms with E-state index in [4.69, 9.17) is 4.74 Å². The Morgan fingerprint density at radius 2 is 1.94 bits per heavy atom. The molecule has 0 bridgehead atoms. The third-order valence-corrected chi connectivity index (χ3v) is 2.29. The van der Waals surface area contributed by atoms with Gasteiger partial charge in [-0.05, 0) is 19.1 Å². The topological polar surface area (TPSA) is 63.7 Å². The molecule has 2 aromatic heterocycles. The number of aryl methyl sites for hydroxylation is 1. The molecular formula is C12H10N4O. The minimum absolute atomic E-state index is 0.301. The highest BCUT2D eigenvalue weighted by atomic mass is 16.5. The molecule has 0 amide bonds. The molecule has 0 aliphatic heterocycles. The molecule has 84 valence electrons. The molecule has 3 aromatic rings. The van der Waals surface area contributed by atoms with Crippen LogP contribution in [0.15, 0.2) is 36.5 Å². The number of rotatable bonds is 2. The molecule has 5 heteroatoms. The third kappa shape index (κ3) is 1.94. The molecule has 0 unspecified atom stereocenters. The number of para-hydroxylation sites is 1. The zero-order chi connectivity index (χ0) is 11.7. The molecule has 1 N–H and O–H groups in total. The first-order valence-corrected chi connectivity index (χ1v) is 5.23. The van der Waals surface area contributed by atoms with E-state index in [0.717, 1.165) is 11.3 Å². The Labute approximate surface area is 97.5 Å². The zero-order valence-corrected chi connectivity index (χ0v) is 9.21. The van der Waals surface area contributed by atoms with Crippen molar-refractivity contribution in [2.75, 3.05) is 0 Å². The van der Waals surface area contributed by atoms with E-state index in [0.29, 0.717) is 17.4 Å². The van der Waals surface area contributed by atoms with Gasteiger partial charge in [0.1, 0.15) is 17.1 Å². The summed E-state index contributed by atoms with van der Waals surface area (Å²) in [4.78, 5) is 15.6. The lowest BCUT2D eigenvalue weighted by Crippen LogP contribution is -1.91. The van der Waals surface area contributed by atoms with E-state index in [1.165, 1.54) is 0 Å². The SMILES string of the molecule is Cc1nc2nc(Oc3ccccc3)ncc2[nH]1. The van der Waals surface area contributed by atoms with Crippen LogP contribution in [0.25, 0.3) is 11.2 Å². The number of imidazole rings is 1. The molecule has 0 aliphatic rings. The van der Waals surface area contributed by atoms with Crippen molar-refractivity contribution in [1.29, 1.82) is 0 Å². The van der Waals surface area contributed by atoms with Gasteiger partial charge in [-0.15, -0.1) is 0 Å². The Kier molecular flexibility index (Phi) is 2.22. The van der Waals surface area contributed by atoms with Gasteiger partial charge < -0.3 is 9.72 Å². The summed E-state index contributed by atoms with van der Waals surface area (Å²) in [6, 6.07) is 9.72. The summed E-state index contributed by atoms with van der Waals surface area (Å²) in [7, 11) is 0. The number of fused-ring (bicyclic) bond motifs is 1. The van der Waals surface area contributed by atoms with Crippen LogP contribution in [-0.4, -0.2) is 19.9 Å². The van der Waals surface area contributed by atoms with Crippen molar-refractivity contribution in [3.05, 3.63) is 42.4 Å². The van der Waals surface area contributed by atoms with Gasteiger partial charge in [0.05, 0.1) is 6.20 Å². The largest absolute Gasteiger partial charge is 0.424 e. The molecule has 3 rings (SSSR count). The standard InChI is InChI=1S/C12H10N4O/c1-8-14-10-7-13-12(16-11(10)15-8)17-9-5-3-2-4-6-9/h2-7H,1H3,(H,13,14,15,16). The maximum absolute atomic E-state index is 5.52. The third-order valence-electron chi connectivity index (χ3n) is 2.29. The number of hydrogen-bond acceptors (Lipinski definition) is 4. The van der Waals surface area contributed by atoms with Crippen molar-refractivity contribution in [3.63, 3.8) is 0 Å². The second-order valence-electron chi connectivity index (χ2n) is 3.63. The average molecular weight is 226 g/mol. The van der Waals surface area contributed by atoms with Crippen molar-refractivity contribution >= 4 is 11.2 Å². The van der Waals surface area contributed by atoms with Crippen molar-refractivity contribution in [1.82, 2.24) is 19.9 Å². The monoisotopic (exact) mass is 226 g/mol. The molecule has 2 heterocycles. The summed E-state index contributed by atoms with van der Waals surface area (Å²) in [5, 5.41) is 0. The van der Waals surface area contributed by atoms with E-state index in [-0.39, 0.29) is 0 Å². The maximum Gasteiger partial charge on any atom is 0.324 e. The van der Waals surface area contributed by atoms with Crippen LogP contribution in [0.2, 0.25) is 0 Å². The van der Waals surface area contributed by atoms with Crippen LogP contribution in [0.1, 0.15) is 5.82 Å². The van der Waals surface area contributed by atoms with Gasteiger partial charge in [0.25, 0.3) is 0 Å². The molecule has 0 aliphatic carbocycles. The number of aromatic amines is 1. The fourth-order valence-corrected chi connectivity index (χ4v) is 1.56. The van der Waals surface area contributed by atoms with Crippen LogP contribution in [0.5, 0.6) is 11.8 Å². The molecule has 1 aromatic carbocycles. The summed E-state index contributed by atoms with van der Waals surface area (Å²) in [5.74, 6) is 1.52. The summed E-state index contributed by atoms with van der Waals surface area (Å²) in [5.41, 5.74) is 1.42. The van der Waals surface area contributed by atoms with Crippen LogP contribution in [-0.2, 0) is 0 Å². The van der Waals surface area contributed by atoms with Gasteiger partial charge in [-0.2, -0.15) is 4.98 Å². The van der Waals surface area contributed by atoms with E-state index >= 15 is 0 Å². The van der Waals surface area contributed by atoms with E-state index in [1.54, 1.807) is 6.20 Å². The van der Waals surface area contributed by atoms with E-state index in [9.17, 15) is 0 Å². The number of nitrogens with one attached hydrogen (secondary N) is 1. The van der Waals surface area contributed by atoms with Crippen LogP contribution in [0.4, 0.5) is 0 Å². The minimum Gasteiger partial charge on any atom is -0.424 e. The van der Waals surface area contributed by atoms with Gasteiger partial charge in [-0.3, -0.25) is 0 Å². The van der Waals surface area contributed by atoms with E-state index < -0.39 is 0 Å². The number of hydrogen-bond donors (Lipinski definition) is 1. The fourth-order valence-electron chi connectivity index (χ4n) is 1.56. The van der Waals surface area contributed by atoms with Gasteiger partial charge in [-0.25, -0.2) is 9.97 Å². The quantitative estimate of drug-likeness (QED) is 0.729. The summed E-state index contributed by atoms with van der Waals surface area (Å²) in [6.45, 7) is 1.87. The van der Waals surface area contributed by atoms with Crippen molar-refractivity contribution in [2.24, 2.45) is 0 Å². The van der Waals surface area contributed by atoms with Gasteiger partial charge in [0.2, 0.25) is 0 Å². The predicted octanol–water partition coefficient (Wildman–Crippen LogP) is 2.45. The average Bonchev–Trinajstić information content (AvgIpc) is 2.70. The summed E-state index contributed by atoms with van der Waals surface area (Å²) in [6.07, 6.45) is 1.67. The Morgan fingerprint density at radius 3 is 2.76 bits per heavy atom. The van der Waals surface area contributed by atoms with Crippen LogP contribution in [0, 0.1) is 6.92 Å². The molecule has 5 nitrogen and oxygen atoms in total. The molecule has 0 saturated heterocycles. The molecule has 17 heavy (non-hydrogen) atoms. The molecule has 0 saturated carbocycles. The highest BCUT2D eigenvalue weighted by Gasteiger charge is 2.05.